The Morgan fingerprint density at radius 3 is 2.29 bits per heavy atom. The van der Waals surface area contributed by atoms with Gasteiger partial charge in [0.25, 0.3) is 0 Å². The Hall–Kier alpha value is -1.64. The van der Waals surface area contributed by atoms with E-state index in [1.807, 2.05) is 18.2 Å². The van der Waals surface area contributed by atoms with E-state index >= 15 is 0 Å². The van der Waals surface area contributed by atoms with Crippen molar-refractivity contribution >= 4 is 11.8 Å². The molecule has 1 fully saturated rings. The van der Waals surface area contributed by atoms with Crippen LogP contribution < -0.4 is 5.32 Å². The summed E-state index contributed by atoms with van der Waals surface area (Å²) in [5.74, 6) is -0.291. The standard InChI is InChI=1S/C18H25NO2/c1-3-10-18(11-4-2)13-16(20)19-17(21)15(18)12-14-8-6-5-7-9-14/h5-9,15H,3-4,10-13H2,1-2H3,(H,19,20,21). The zero-order valence-corrected chi connectivity index (χ0v) is 13.0. The molecule has 2 rings (SSSR count). The first kappa shape index (κ1) is 15.7. The molecule has 1 aliphatic heterocycles. The molecular weight excluding hydrogens is 262 g/mol. The van der Waals surface area contributed by atoms with Crippen molar-refractivity contribution in [3.63, 3.8) is 0 Å². The lowest BCUT2D eigenvalue weighted by molar-refractivity contribution is -0.144. The summed E-state index contributed by atoms with van der Waals surface area (Å²) < 4.78 is 0. The van der Waals surface area contributed by atoms with Crippen LogP contribution in [-0.2, 0) is 16.0 Å². The van der Waals surface area contributed by atoms with Gasteiger partial charge in [-0.1, -0.05) is 57.0 Å². The van der Waals surface area contributed by atoms with E-state index in [0.29, 0.717) is 6.42 Å². The van der Waals surface area contributed by atoms with Gasteiger partial charge in [0.15, 0.2) is 0 Å². The second-order valence-corrected chi connectivity index (χ2v) is 6.19. The Balaban J connectivity index is 2.31. The monoisotopic (exact) mass is 287 g/mol. The van der Waals surface area contributed by atoms with Crippen molar-refractivity contribution in [1.82, 2.24) is 5.32 Å². The molecule has 1 aliphatic rings. The van der Waals surface area contributed by atoms with E-state index in [9.17, 15) is 9.59 Å². The highest BCUT2D eigenvalue weighted by atomic mass is 16.2. The topological polar surface area (TPSA) is 46.2 Å². The largest absolute Gasteiger partial charge is 0.296 e. The molecule has 0 spiro atoms. The molecular formula is C18H25NO2. The average molecular weight is 287 g/mol. The van der Waals surface area contributed by atoms with E-state index in [0.717, 1.165) is 32.1 Å². The van der Waals surface area contributed by atoms with E-state index in [2.05, 4.69) is 31.3 Å². The van der Waals surface area contributed by atoms with Gasteiger partial charge >= 0.3 is 0 Å². The number of imide groups is 1. The molecule has 3 heteroatoms. The fourth-order valence-corrected chi connectivity index (χ4v) is 3.79. The van der Waals surface area contributed by atoms with Crippen molar-refractivity contribution in [1.29, 1.82) is 0 Å². The minimum absolute atomic E-state index is 0.0861. The summed E-state index contributed by atoms with van der Waals surface area (Å²) >= 11 is 0. The van der Waals surface area contributed by atoms with Crippen molar-refractivity contribution in [2.75, 3.05) is 0 Å². The van der Waals surface area contributed by atoms with Gasteiger partial charge in [-0.15, -0.1) is 0 Å². The van der Waals surface area contributed by atoms with E-state index in [4.69, 9.17) is 0 Å². The van der Waals surface area contributed by atoms with Crippen molar-refractivity contribution in [3.8, 4) is 0 Å². The quantitative estimate of drug-likeness (QED) is 0.814. The van der Waals surface area contributed by atoms with Gasteiger partial charge in [-0.2, -0.15) is 0 Å². The Kier molecular flexibility index (Phi) is 5.16. The van der Waals surface area contributed by atoms with Crippen LogP contribution in [0.4, 0.5) is 0 Å². The van der Waals surface area contributed by atoms with Gasteiger partial charge in [0.1, 0.15) is 0 Å². The summed E-state index contributed by atoms with van der Waals surface area (Å²) in [5, 5.41) is 2.54. The molecule has 1 saturated heterocycles. The molecule has 1 aromatic carbocycles. The molecule has 21 heavy (non-hydrogen) atoms. The SMILES string of the molecule is CCCC1(CCC)CC(=O)NC(=O)C1Cc1ccccc1. The molecule has 1 unspecified atom stereocenters. The zero-order valence-electron chi connectivity index (χ0n) is 13.0. The minimum Gasteiger partial charge on any atom is -0.296 e. The molecule has 1 N–H and O–H groups in total. The van der Waals surface area contributed by atoms with Crippen LogP contribution in [0.15, 0.2) is 30.3 Å². The average Bonchev–Trinajstić information content (AvgIpc) is 2.44. The highest BCUT2D eigenvalue weighted by Crippen LogP contribution is 2.45. The Morgan fingerprint density at radius 1 is 1.10 bits per heavy atom. The van der Waals surface area contributed by atoms with Gasteiger partial charge in [-0.25, -0.2) is 0 Å². The summed E-state index contributed by atoms with van der Waals surface area (Å²) in [7, 11) is 0. The molecule has 3 nitrogen and oxygen atoms in total. The number of carbonyl (C=O) groups excluding carboxylic acids is 2. The number of hydrogen-bond acceptors (Lipinski definition) is 2. The summed E-state index contributed by atoms with van der Waals surface area (Å²) in [4.78, 5) is 24.3. The van der Waals surface area contributed by atoms with Crippen LogP contribution >= 0.6 is 0 Å². The maximum atomic E-state index is 12.4. The van der Waals surface area contributed by atoms with Crippen LogP contribution in [0.5, 0.6) is 0 Å². The van der Waals surface area contributed by atoms with Crippen LogP contribution in [0.3, 0.4) is 0 Å². The molecule has 0 radical (unpaired) electrons. The van der Waals surface area contributed by atoms with E-state index in [1.165, 1.54) is 5.56 Å². The molecule has 1 aromatic rings. The molecule has 0 aromatic heterocycles. The van der Waals surface area contributed by atoms with Gasteiger partial charge in [0.2, 0.25) is 11.8 Å². The Morgan fingerprint density at radius 2 is 1.71 bits per heavy atom. The lowest BCUT2D eigenvalue weighted by atomic mass is 9.63. The first-order valence-electron chi connectivity index (χ1n) is 7.99. The first-order valence-corrected chi connectivity index (χ1v) is 7.99. The van der Waals surface area contributed by atoms with Crippen molar-refractivity contribution in [3.05, 3.63) is 35.9 Å². The third-order valence-corrected chi connectivity index (χ3v) is 4.61. The van der Waals surface area contributed by atoms with Crippen LogP contribution in [0.1, 0.15) is 51.5 Å². The molecule has 0 saturated carbocycles. The molecule has 1 atom stereocenters. The smallest absolute Gasteiger partial charge is 0.230 e. The molecule has 114 valence electrons. The predicted octanol–water partition coefficient (Wildman–Crippen LogP) is 3.48. The summed E-state index contributed by atoms with van der Waals surface area (Å²) in [5.41, 5.74) is 1.00. The summed E-state index contributed by atoms with van der Waals surface area (Å²) in [6.07, 6.45) is 5.10. The van der Waals surface area contributed by atoms with Crippen molar-refractivity contribution in [2.24, 2.45) is 11.3 Å². The predicted molar refractivity (Wildman–Crippen MR) is 83.7 cm³/mol. The van der Waals surface area contributed by atoms with Crippen LogP contribution in [-0.4, -0.2) is 11.8 Å². The molecule has 0 bridgehead atoms. The minimum atomic E-state index is -0.168. The maximum absolute atomic E-state index is 12.4. The highest BCUT2D eigenvalue weighted by molar-refractivity contribution is 5.99. The van der Waals surface area contributed by atoms with E-state index in [1.54, 1.807) is 0 Å². The third kappa shape index (κ3) is 3.52. The van der Waals surface area contributed by atoms with Crippen LogP contribution in [0.2, 0.25) is 0 Å². The maximum Gasteiger partial charge on any atom is 0.230 e. The van der Waals surface area contributed by atoms with Gasteiger partial charge in [0, 0.05) is 12.3 Å². The zero-order chi connectivity index (χ0) is 15.3. The number of rotatable bonds is 6. The van der Waals surface area contributed by atoms with E-state index < -0.39 is 0 Å². The van der Waals surface area contributed by atoms with Crippen LogP contribution in [0, 0.1) is 11.3 Å². The molecule has 0 aliphatic carbocycles. The number of benzene rings is 1. The third-order valence-electron chi connectivity index (χ3n) is 4.61. The number of piperidine rings is 1. The second-order valence-electron chi connectivity index (χ2n) is 6.19. The van der Waals surface area contributed by atoms with Crippen molar-refractivity contribution < 1.29 is 9.59 Å². The number of nitrogens with one attached hydrogen (secondary N) is 1. The highest BCUT2D eigenvalue weighted by Gasteiger charge is 2.46. The fraction of sp³-hybridized carbons (Fsp3) is 0.556. The fourth-order valence-electron chi connectivity index (χ4n) is 3.79. The van der Waals surface area contributed by atoms with E-state index in [-0.39, 0.29) is 23.1 Å². The molecule has 2 amide bonds. The van der Waals surface area contributed by atoms with Gasteiger partial charge in [-0.3, -0.25) is 14.9 Å². The number of carbonyl (C=O) groups is 2. The number of amides is 2. The van der Waals surface area contributed by atoms with Crippen LogP contribution in [0.25, 0.3) is 0 Å². The van der Waals surface area contributed by atoms with Gasteiger partial charge in [-0.05, 0) is 30.2 Å². The van der Waals surface area contributed by atoms with Gasteiger partial charge in [0.05, 0.1) is 0 Å². The Bertz CT molecular complexity index is 489. The van der Waals surface area contributed by atoms with Crippen molar-refractivity contribution in [2.45, 2.75) is 52.4 Å². The summed E-state index contributed by atoms with van der Waals surface area (Å²) in [6, 6.07) is 10.1. The lowest BCUT2D eigenvalue weighted by Gasteiger charge is -2.43. The summed E-state index contributed by atoms with van der Waals surface area (Å²) in [6.45, 7) is 4.27. The second kappa shape index (κ2) is 6.88. The lowest BCUT2D eigenvalue weighted by Crippen LogP contribution is -2.53. The Labute approximate surface area is 127 Å². The van der Waals surface area contributed by atoms with Gasteiger partial charge < -0.3 is 0 Å². The normalized spacial score (nSPS) is 21.1. The first-order chi connectivity index (χ1) is 10.1. The molecule has 1 heterocycles. The number of hydrogen-bond donors (Lipinski definition) is 1.